The predicted molar refractivity (Wildman–Crippen MR) is 71.0 cm³/mol. The number of hydrogen-bond acceptors (Lipinski definition) is 3. The van der Waals surface area contributed by atoms with Gasteiger partial charge in [-0.25, -0.2) is 5.90 Å². The monoisotopic (exact) mass is 234 g/mol. The van der Waals surface area contributed by atoms with Gasteiger partial charge in [0.25, 0.3) is 0 Å². The van der Waals surface area contributed by atoms with Gasteiger partial charge in [-0.1, -0.05) is 25.1 Å². The average Bonchev–Trinajstić information content (AvgIpc) is 2.77. The summed E-state index contributed by atoms with van der Waals surface area (Å²) in [5, 5.41) is 0. The second kappa shape index (κ2) is 5.52. The van der Waals surface area contributed by atoms with E-state index >= 15 is 0 Å². The van der Waals surface area contributed by atoms with Gasteiger partial charge in [-0.15, -0.1) is 0 Å². The zero-order chi connectivity index (χ0) is 12.3. The first-order valence-corrected chi connectivity index (χ1v) is 6.41. The summed E-state index contributed by atoms with van der Waals surface area (Å²) in [7, 11) is 0. The zero-order valence-electron chi connectivity index (χ0n) is 10.8. The Labute approximate surface area is 104 Å². The number of rotatable bonds is 4. The summed E-state index contributed by atoms with van der Waals surface area (Å²) in [6.45, 7) is 7.26. The van der Waals surface area contributed by atoms with E-state index in [9.17, 15) is 0 Å². The Morgan fingerprint density at radius 2 is 2.29 bits per heavy atom. The number of hydrogen-bond donors (Lipinski definition) is 1. The molecule has 3 nitrogen and oxygen atoms in total. The molecule has 1 unspecified atom stereocenters. The van der Waals surface area contributed by atoms with Crippen LogP contribution in [0.4, 0.5) is 5.69 Å². The van der Waals surface area contributed by atoms with Crippen molar-refractivity contribution in [3.8, 4) is 0 Å². The maximum absolute atomic E-state index is 5.16. The summed E-state index contributed by atoms with van der Waals surface area (Å²) in [5.74, 6) is 5.73. The lowest BCUT2D eigenvalue weighted by molar-refractivity contribution is 0.108. The van der Waals surface area contributed by atoms with Crippen molar-refractivity contribution < 1.29 is 4.84 Å². The molecule has 1 aliphatic heterocycles. The van der Waals surface area contributed by atoms with Crippen LogP contribution in [-0.4, -0.2) is 19.7 Å². The smallest absolute Gasteiger partial charge is 0.0724 e. The van der Waals surface area contributed by atoms with Crippen molar-refractivity contribution in [3.05, 3.63) is 29.3 Å². The summed E-state index contributed by atoms with van der Waals surface area (Å²) < 4.78 is 0. The standard InChI is InChI=1S/C14H22N2O/c1-3-13-6-4-5-11(2)14(13)16-8-7-12(9-16)10-17-15/h4-6,12H,3,7-10,15H2,1-2H3. The molecule has 2 N–H and O–H groups in total. The third kappa shape index (κ3) is 2.61. The van der Waals surface area contributed by atoms with Gasteiger partial charge in [-0.3, -0.25) is 0 Å². The first kappa shape index (κ1) is 12.4. The van der Waals surface area contributed by atoms with E-state index in [-0.39, 0.29) is 0 Å². The average molecular weight is 234 g/mol. The molecule has 1 saturated heterocycles. The van der Waals surface area contributed by atoms with Gasteiger partial charge in [0.2, 0.25) is 0 Å². The van der Waals surface area contributed by atoms with Crippen LogP contribution < -0.4 is 10.8 Å². The van der Waals surface area contributed by atoms with Crippen LogP contribution >= 0.6 is 0 Å². The van der Waals surface area contributed by atoms with E-state index in [1.807, 2.05) is 0 Å². The molecule has 1 aromatic rings. The van der Waals surface area contributed by atoms with Crippen LogP contribution in [0.2, 0.25) is 0 Å². The molecule has 0 aromatic heterocycles. The van der Waals surface area contributed by atoms with Gasteiger partial charge >= 0.3 is 0 Å². The third-order valence-corrected chi connectivity index (χ3v) is 3.64. The van der Waals surface area contributed by atoms with Crippen LogP contribution in [0.3, 0.4) is 0 Å². The van der Waals surface area contributed by atoms with Crippen molar-refractivity contribution in [1.82, 2.24) is 0 Å². The minimum absolute atomic E-state index is 0.573. The molecule has 1 fully saturated rings. The topological polar surface area (TPSA) is 38.5 Å². The van der Waals surface area contributed by atoms with Crippen molar-refractivity contribution in [2.24, 2.45) is 11.8 Å². The van der Waals surface area contributed by atoms with Crippen LogP contribution in [-0.2, 0) is 11.3 Å². The summed E-state index contributed by atoms with van der Waals surface area (Å²) in [6, 6.07) is 6.57. The Morgan fingerprint density at radius 3 is 3.00 bits per heavy atom. The molecule has 0 aliphatic carbocycles. The quantitative estimate of drug-likeness (QED) is 0.812. The van der Waals surface area contributed by atoms with Gasteiger partial charge in [0.1, 0.15) is 0 Å². The van der Waals surface area contributed by atoms with Crippen LogP contribution in [0.15, 0.2) is 18.2 Å². The van der Waals surface area contributed by atoms with Gasteiger partial charge in [0, 0.05) is 24.7 Å². The lowest BCUT2D eigenvalue weighted by Crippen LogP contribution is -2.23. The van der Waals surface area contributed by atoms with Gasteiger partial charge in [-0.2, -0.15) is 0 Å². The molecule has 0 radical (unpaired) electrons. The van der Waals surface area contributed by atoms with E-state index in [0.717, 1.165) is 19.5 Å². The molecule has 94 valence electrons. The fourth-order valence-electron chi connectivity index (χ4n) is 2.77. The Bertz CT molecular complexity index is 378. The molecule has 0 spiro atoms. The van der Waals surface area contributed by atoms with Crippen molar-refractivity contribution in [1.29, 1.82) is 0 Å². The normalized spacial score (nSPS) is 19.9. The lowest BCUT2D eigenvalue weighted by atomic mass is 10.0. The van der Waals surface area contributed by atoms with E-state index < -0.39 is 0 Å². The number of nitrogens with two attached hydrogens (primary N) is 1. The Morgan fingerprint density at radius 1 is 1.47 bits per heavy atom. The fraction of sp³-hybridized carbons (Fsp3) is 0.571. The van der Waals surface area contributed by atoms with E-state index in [1.165, 1.54) is 23.2 Å². The van der Waals surface area contributed by atoms with Gasteiger partial charge in [0.15, 0.2) is 0 Å². The number of benzene rings is 1. The van der Waals surface area contributed by atoms with E-state index in [0.29, 0.717) is 12.5 Å². The molecule has 1 aliphatic rings. The predicted octanol–water partition coefficient (Wildman–Crippen LogP) is 2.27. The van der Waals surface area contributed by atoms with Crippen molar-refractivity contribution in [2.75, 3.05) is 24.6 Å². The number of nitrogens with zero attached hydrogens (tertiary/aromatic N) is 1. The molecule has 1 aromatic carbocycles. The molecule has 3 heteroatoms. The van der Waals surface area contributed by atoms with E-state index in [4.69, 9.17) is 10.7 Å². The Hall–Kier alpha value is -1.06. The molecule has 2 rings (SSSR count). The molecular weight excluding hydrogens is 212 g/mol. The molecule has 17 heavy (non-hydrogen) atoms. The summed E-state index contributed by atoms with van der Waals surface area (Å²) in [4.78, 5) is 7.25. The van der Waals surface area contributed by atoms with Crippen LogP contribution in [0, 0.1) is 12.8 Å². The first-order valence-electron chi connectivity index (χ1n) is 6.41. The van der Waals surface area contributed by atoms with Gasteiger partial charge in [-0.05, 0) is 30.9 Å². The fourth-order valence-corrected chi connectivity index (χ4v) is 2.77. The highest BCUT2D eigenvalue weighted by molar-refractivity contribution is 5.60. The molecule has 0 bridgehead atoms. The highest BCUT2D eigenvalue weighted by Gasteiger charge is 2.24. The minimum Gasteiger partial charge on any atom is -0.371 e. The van der Waals surface area contributed by atoms with E-state index in [1.54, 1.807) is 0 Å². The van der Waals surface area contributed by atoms with Gasteiger partial charge in [0.05, 0.1) is 6.61 Å². The van der Waals surface area contributed by atoms with Crippen molar-refractivity contribution in [2.45, 2.75) is 26.7 Å². The number of anilines is 1. The van der Waals surface area contributed by atoms with Crippen LogP contribution in [0.1, 0.15) is 24.5 Å². The molecule has 1 atom stereocenters. The van der Waals surface area contributed by atoms with Gasteiger partial charge < -0.3 is 9.74 Å². The van der Waals surface area contributed by atoms with E-state index in [2.05, 4.69) is 36.9 Å². The summed E-state index contributed by atoms with van der Waals surface area (Å²) >= 11 is 0. The molecule has 0 saturated carbocycles. The van der Waals surface area contributed by atoms with Crippen LogP contribution in [0.25, 0.3) is 0 Å². The lowest BCUT2D eigenvalue weighted by Gasteiger charge is -2.24. The van der Waals surface area contributed by atoms with Crippen molar-refractivity contribution >= 4 is 5.69 Å². The van der Waals surface area contributed by atoms with Crippen molar-refractivity contribution in [3.63, 3.8) is 0 Å². The Kier molecular flexibility index (Phi) is 4.02. The summed E-state index contributed by atoms with van der Waals surface area (Å²) in [6.07, 6.45) is 2.26. The maximum atomic E-state index is 5.16. The Balaban J connectivity index is 2.18. The first-order chi connectivity index (χ1) is 8.26. The largest absolute Gasteiger partial charge is 0.371 e. The molecule has 1 heterocycles. The SMILES string of the molecule is CCc1cccc(C)c1N1CCC(CON)C1. The maximum Gasteiger partial charge on any atom is 0.0724 e. The minimum atomic E-state index is 0.573. The number of aryl methyl sites for hydroxylation is 2. The molecule has 0 amide bonds. The molecular formula is C14H22N2O. The second-order valence-corrected chi connectivity index (χ2v) is 4.87. The van der Waals surface area contributed by atoms with Crippen LogP contribution in [0.5, 0.6) is 0 Å². The second-order valence-electron chi connectivity index (χ2n) is 4.87. The highest BCUT2D eigenvalue weighted by atomic mass is 16.6. The number of para-hydroxylation sites is 1. The third-order valence-electron chi connectivity index (χ3n) is 3.64. The zero-order valence-corrected chi connectivity index (χ0v) is 10.8. The highest BCUT2D eigenvalue weighted by Crippen LogP contribution is 2.30. The summed E-state index contributed by atoms with van der Waals surface area (Å²) in [5.41, 5.74) is 4.24.